The van der Waals surface area contributed by atoms with Gasteiger partial charge in [0, 0.05) is 0 Å². The number of methoxy groups -OCH3 is 1. The third-order valence-corrected chi connectivity index (χ3v) is 4.71. The first kappa shape index (κ1) is 15.8. The molecule has 2 N–H and O–H groups in total. The number of rotatable bonds is 4. The molecule has 116 valence electrons. The highest BCUT2D eigenvalue weighted by molar-refractivity contribution is 7.90. The van der Waals surface area contributed by atoms with E-state index in [1.807, 2.05) is 0 Å². The van der Waals surface area contributed by atoms with E-state index < -0.39 is 32.2 Å². The van der Waals surface area contributed by atoms with E-state index in [4.69, 9.17) is 0 Å². The molecule has 0 aliphatic carbocycles. The molecule has 0 spiro atoms. The monoisotopic (exact) mass is 322 g/mol. The molecule has 0 radical (unpaired) electrons. The minimum absolute atomic E-state index is 0.163. The average Bonchev–Trinajstić information content (AvgIpc) is 2.49. The van der Waals surface area contributed by atoms with Crippen molar-refractivity contribution in [1.29, 1.82) is 0 Å². The minimum atomic E-state index is -3.95. The maximum absolute atomic E-state index is 12.4. The van der Waals surface area contributed by atoms with Crippen LogP contribution in [0.3, 0.4) is 0 Å². The topological polar surface area (TPSA) is 101 Å². The van der Waals surface area contributed by atoms with E-state index in [2.05, 4.69) is 4.74 Å². The number of carbonyl (C=O) groups excluding carboxylic acids is 1. The number of hydrogen-bond donors (Lipinski definition) is 2. The Labute approximate surface area is 127 Å². The zero-order valence-electron chi connectivity index (χ0n) is 11.7. The van der Waals surface area contributed by atoms with Gasteiger partial charge in [0.15, 0.2) is 21.3 Å². The fourth-order valence-electron chi connectivity index (χ4n) is 1.94. The molecule has 0 amide bonds. The van der Waals surface area contributed by atoms with Crippen LogP contribution < -0.4 is 0 Å². The van der Waals surface area contributed by atoms with Gasteiger partial charge in [-0.1, -0.05) is 30.3 Å². The first-order chi connectivity index (χ1) is 10.3. The predicted molar refractivity (Wildman–Crippen MR) is 78.4 cm³/mol. The smallest absolute Gasteiger partial charge is 0.338 e. The molecule has 0 bridgehead atoms. The second-order valence-corrected chi connectivity index (χ2v) is 6.54. The fraction of sp³-hybridized carbons (Fsp3) is 0.133. The van der Waals surface area contributed by atoms with Gasteiger partial charge in [0.1, 0.15) is 4.90 Å². The lowest BCUT2D eigenvalue weighted by Crippen LogP contribution is -2.08. The molecule has 22 heavy (non-hydrogen) atoms. The van der Waals surface area contributed by atoms with Gasteiger partial charge in [-0.2, -0.15) is 0 Å². The van der Waals surface area contributed by atoms with E-state index in [9.17, 15) is 23.4 Å². The highest BCUT2D eigenvalue weighted by atomic mass is 32.2. The Morgan fingerprint density at radius 2 is 1.77 bits per heavy atom. The number of aromatic hydroxyl groups is 2. The van der Waals surface area contributed by atoms with Crippen LogP contribution in [0.4, 0.5) is 0 Å². The van der Waals surface area contributed by atoms with E-state index in [0.717, 1.165) is 19.2 Å². The number of hydrogen-bond acceptors (Lipinski definition) is 6. The second-order valence-electron chi connectivity index (χ2n) is 4.58. The summed E-state index contributed by atoms with van der Waals surface area (Å²) in [7, 11) is -2.82. The van der Waals surface area contributed by atoms with E-state index in [-0.39, 0.29) is 11.3 Å². The van der Waals surface area contributed by atoms with Crippen LogP contribution in [0.1, 0.15) is 15.9 Å². The molecule has 0 aliphatic heterocycles. The summed E-state index contributed by atoms with van der Waals surface area (Å²) in [6, 6.07) is 10.3. The Kier molecular flexibility index (Phi) is 4.37. The van der Waals surface area contributed by atoms with Crippen molar-refractivity contribution in [3.05, 3.63) is 53.6 Å². The predicted octanol–water partition coefficient (Wildman–Crippen LogP) is 1.86. The number of phenols is 2. The molecule has 0 atom stereocenters. The first-order valence-corrected chi connectivity index (χ1v) is 7.91. The van der Waals surface area contributed by atoms with Gasteiger partial charge >= 0.3 is 5.97 Å². The van der Waals surface area contributed by atoms with E-state index in [1.165, 1.54) is 0 Å². The third-order valence-electron chi connectivity index (χ3n) is 3.01. The number of sulfone groups is 1. The average molecular weight is 322 g/mol. The van der Waals surface area contributed by atoms with Crippen LogP contribution >= 0.6 is 0 Å². The zero-order valence-corrected chi connectivity index (χ0v) is 12.5. The standard InChI is InChI=1S/C15H14O6S/c1-21-15(18)11-7-12(16)14(17)13(8-11)22(19,20)9-10-5-3-2-4-6-10/h2-8,16-17H,9H2,1H3. The van der Waals surface area contributed by atoms with Crippen LogP contribution in [-0.4, -0.2) is 31.7 Å². The van der Waals surface area contributed by atoms with Gasteiger partial charge in [-0.3, -0.25) is 0 Å². The molecule has 2 aromatic carbocycles. The summed E-state index contributed by atoms with van der Waals surface area (Å²) in [5.74, 6) is -2.67. The Balaban J connectivity index is 2.50. The number of ether oxygens (including phenoxy) is 1. The second kappa shape index (κ2) is 6.07. The van der Waals surface area contributed by atoms with Crippen LogP contribution in [-0.2, 0) is 20.3 Å². The molecule has 0 fully saturated rings. The van der Waals surface area contributed by atoms with Crippen LogP contribution in [0.5, 0.6) is 11.5 Å². The SMILES string of the molecule is COC(=O)c1cc(O)c(O)c(S(=O)(=O)Cc2ccccc2)c1. The van der Waals surface area contributed by atoms with Crippen molar-refractivity contribution in [2.45, 2.75) is 10.6 Å². The van der Waals surface area contributed by atoms with Crippen molar-refractivity contribution in [2.24, 2.45) is 0 Å². The lowest BCUT2D eigenvalue weighted by Gasteiger charge is -2.10. The van der Waals surface area contributed by atoms with Gasteiger partial charge in [0.25, 0.3) is 0 Å². The lowest BCUT2D eigenvalue weighted by molar-refractivity contribution is 0.0600. The van der Waals surface area contributed by atoms with Crippen LogP contribution in [0.2, 0.25) is 0 Å². The van der Waals surface area contributed by atoms with E-state index >= 15 is 0 Å². The van der Waals surface area contributed by atoms with E-state index in [1.54, 1.807) is 30.3 Å². The molecule has 7 heteroatoms. The summed E-state index contributed by atoms with van der Waals surface area (Å²) in [5.41, 5.74) is 0.356. The molecule has 0 saturated heterocycles. The van der Waals surface area contributed by atoms with Gasteiger partial charge in [-0.05, 0) is 17.7 Å². The Bertz CT molecular complexity index is 796. The van der Waals surface area contributed by atoms with Gasteiger partial charge < -0.3 is 14.9 Å². The minimum Gasteiger partial charge on any atom is -0.504 e. The van der Waals surface area contributed by atoms with Gasteiger partial charge in [-0.15, -0.1) is 0 Å². The van der Waals surface area contributed by atoms with Gasteiger partial charge in [0.05, 0.1) is 18.4 Å². The van der Waals surface area contributed by atoms with Crippen molar-refractivity contribution in [3.8, 4) is 11.5 Å². The van der Waals surface area contributed by atoms with Crippen LogP contribution in [0, 0.1) is 0 Å². The van der Waals surface area contributed by atoms with Crippen molar-refractivity contribution < 1.29 is 28.2 Å². The molecule has 0 unspecified atom stereocenters. The maximum atomic E-state index is 12.4. The number of phenolic OH excluding ortho intramolecular Hbond substituents is 2. The number of esters is 1. The van der Waals surface area contributed by atoms with Crippen molar-refractivity contribution in [3.63, 3.8) is 0 Å². The highest BCUT2D eigenvalue weighted by Crippen LogP contribution is 2.35. The van der Waals surface area contributed by atoms with Crippen molar-refractivity contribution in [1.82, 2.24) is 0 Å². The van der Waals surface area contributed by atoms with Crippen molar-refractivity contribution >= 4 is 15.8 Å². The fourth-order valence-corrected chi connectivity index (χ4v) is 3.43. The molecule has 6 nitrogen and oxygen atoms in total. The maximum Gasteiger partial charge on any atom is 0.338 e. The largest absolute Gasteiger partial charge is 0.504 e. The summed E-state index contributed by atoms with van der Waals surface area (Å²) in [4.78, 5) is 11.0. The molecular formula is C15H14O6S. The molecular weight excluding hydrogens is 308 g/mol. The summed E-state index contributed by atoms with van der Waals surface area (Å²) in [6.07, 6.45) is 0. The molecule has 0 saturated carbocycles. The van der Waals surface area contributed by atoms with Crippen LogP contribution in [0.25, 0.3) is 0 Å². The molecule has 0 aliphatic rings. The first-order valence-electron chi connectivity index (χ1n) is 6.26. The van der Waals surface area contributed by atoms with Crippen LogP contribution in [0.15, 0.2) is 47.4 Å². The molecule has 2 aromatic rings. The third kappa shape index (κ3) is 3.20. The van der Waals surface area contributed by atoms with Crippen molar-refractivity contribution in [2.75, 3.05) is 7.11 Å². The van der Waals surface area contributed by atoms with Gasteiger partial charge in [-0.25, -0.2) is 13.2 Å². The summed E-state index contributed by atoms with van der Waals surface area (Å²) >= 11 is 0. The summed E-state index contributed by atoms with van der Waals surface area (Å²) in [6.45, 7) is 0. The summed E-state index contributed by atoms with van der Waals surface area (Å²) < 4.78 is 29.3. The lowest BCUT2D eigenvalue weighted by atomic mass is 10.2. The molecule has 0 aromatic heterocycles. The number of carbonyl (C=O) groups is 1. The number of benzene rings is 2. The van der Waals surface area contributed by atoms with Gasteiger partial charge in [0.2, 0.25) is 0 Å². The van der Waals surface area contributed by atoms with E-state index in [0.29, 0.717) is 5.56 Å². The Morgan fingerprint density at radius 1 is 1.14 bits per heavy atom. The molecule has 2 rings (SSSR count). The quantitative estimate of drug-likeness (QED) is 0.658. The summed E-state index contributed by atoms with van der Waals surface area (Å²) in [5, 5.41) is 19.4. The molecule has 0 heterocycles. The Morgan fingerprint density at radius 3 is 2.36 bits per heavy atom. The Hall–Kier alpha value is -2.54. The zero-order chi connectivity index (χ0) is 16.3. The highest BCUT2D eigenvalue weighted by Gasteiger charge is 2.24. The normalized spacial score (nSPS) is 11.1.